The largest absolute Gasteiger partial charge is 0.368 e. The fraction of sp³-hybridized carbons (Fsp3) is 0.167. The van der Waals surface area contributed by atoms with E-state index in [2.05, 4.69) is 20.0 Å². The molecule has 0 aliphatic rings. The SMILES string of the molecule is CCNc1nc2sccn2c1S(=O)(=O)Nc1cccnc1. The fourth-order valence-electron chi connectivity index (χ4n) is 1.93. The molecule has 0 saturated heterocycles. The monoisotopic (exact) mass is 323 g/mol. The van der Waals surface area contributed by atoms with Crippen molar-refractivity contribution in [1.82, 2.24) is 14.4 Å². The Kier molecular flexibility index (Phi) is 3.52. The van der Waals surface area contributed by atoms with Crippen molar-refractivity contribution in [2.75, 3.05) is 16.6 Å². The Morgan fingerprint density at radius 1 is 1.43 bits per heavy atom. The molecule has 0 unspecified atom stereocenters. The number of hydrogen-bond donors (Lipinski definition) is 2. The number of aromatic nitrogens is 3. The molecule has 0 bridgehead atoms. The molecule has 9 heteroatoms. The number of anilines is 2. The molecule has 110 valence electrons. The Balaban J connectivity index is 2.09. The van der Waals surface area contributed by atoms with Gasteiger partial charge in [-0.25, -0.2) is 4.98 Å². The fourth-order valence-corrected chi connectivity index (χ4v) is 4.01. The van der Waals surface area contributed by atoms with Crippen LogP contribution in [0, 0.1) is 0 Å². The first-order chi connectivity index (χ1) is 10.1. The highest BCUT2D eigenvalue weighted by molar-refractivity contribution is 7.92. The van der Waals surface area contributed by atoms with Crippen molar-refractivity contribution in [1.29, 1.82) is 0 Å². The molecule has 7 nitrogen and oxygen atoms in total. The summed E-state index contributed by atoms with van der Waals surface area (Å²) in [6.45, 7) is 2.47. The second-order valence-corrected chi connectivity index (χ2v) is 6.67. The van der Waals surface area contributed by atoms with Crippen molar-refractivity contribution in [2.45, 2.75) is 11.9 Å². The molecule has 3 aromatic heterocycles. The molecule has 0 radical (unpaired) electrons. The lowest BCUT2D eigenvalue weighted by molar-refractivity contribution is 0.597. The number of pyridine rings is 1. The third-order valence-corrected chi connectivity index (χ3v) is 4.89. The van der Waals surface area contributed by atoms with Crippen molar-refractivity contribution in [3.05, 3.63) is 36.1 Å². The molecule has 0 atom stereocenters. The summed E-state index contributed by atoms with van der Waals surface area (Å²) in [6, 6.07) is 3.31. The number of nitrogens with one attached hydrogen (secondary N) is 2. The molecule has 0 amide bonds. The standard InChI is InChI=1S/C12H13N5O2S2/c1-2-14-10-11(17-6-7-20-12(17)15-10)21(18,19)16-9-4-3-5-13-8-9/h3-8,14,16H,2H2,1H3. The molecular formula is C12H13N5O2S2. The van der Waals surface area contributed by atoms with Crippen LogP contribution in [0.4, 0.5) is 11.5 Å². The van der Waals surface area contributed by atoms with Crippen LogP contribution in [-0.4, -0.2) is 29.3 Å². The minimum absolute atomic E-state index is 0.101. The number of imidazole rings is 1. The summed E-state index contributed by atoms with van der Waals surface area (Å²) < 4.78 is 29.3. The van der Waals surface area contributed by atoms with Crippen LogP contribution in [0.15, 0.2) is 41.1 Å². The first-order valence-corrected chi connectivity index (χ1v) is 8.60. The number of nitrogens with zero attached hydrogens (tertiary/aromatic N) is 3. The van der Waals surface area contributed by atoms with E-state index in [0.717, 1.165) is 0 Å². The summed E-state index contributed by atoms with van der Waals surface area (Å²) in [4.78, 5) is 8.83. The van der Waals surface area contributed by atoms with E-state index in [1.165, 1.54) is 17.5 Å². The van der Waals surface area contributed by atoms with E-state index < -0.39 is 10.0 Å². The highest BCUT2D eigenvalue weighted by atomic mass is 32.2. The normalized spacial score (nSPS) is 11.7. The lowest BCUT2D eigenvalue weighted by Crippen LogP contribution is -2.17. The van der Waals surface area contributed by atoms with Gasteiger partial charge < -0.3 is 5.32 Å². The van der Waals surface area contributed by atoms with Gasteiger partial charge in [-0.05, 0) is 19.1 Å². The third-order valence-electron chi connectivity index (χ3n) is 2.73. The van der Waals surface area contributed by atoms with Crippen molar-refractivity contribution < 1.29 is 8.42 Å². The molecular weight excluding hydrogens is 310 g/mol. The zero-order valence-corrected chi connectivity index (χ0v) is 12.8. The average molecular weight is 323 g/mol. The minimum atomic E-state index is -3.76. The van der Waals surface area contributed by atoms with Gasteiger partial charge in [-0.15, -0.1) is 11.3 Å². The predicted octanol–water partition coefficient (Wildman–Crippen LogP) is 2.02. The molecule has 0 spiro atoms. The maximum Gasteiger partial charge on any atom is 0.281 e. The molecule has 3 aromatic rings. The first kappa shape index (κ1) is 13.8. The van der Waals surface area contributed by atoms with Crippen LogP contribution >= 0.6 is 11.3 Å². The van der Waals surface area contributed by atoms with Gasteiger partial charge in [-0.2, -0.15) is 8.42 Å². The van der Waals surface area contributed by atoms with Gasteiger partial charge in [-0.3, -0.25) is 14.1 Å². The first-order valence-electron chi connectivity index (χ1n) is 6.24. The minimum Gasteiger partial charge on any atom is -0.368 e. The van der Waals surface area contributed by atoms with Crippen LogP contribution in [-0.2, 0) is 10.0 Å². The van der Waals surface area contributed by atoms with Crippen LogP contribution in [0.5, 0.6) is 0 Å². The Bertz CT molecular complexity index is 854. The summed E-state index contributed by atoms with van der Waals surface area (Å²) in [5.74, 6) is 0.348. The maximum absolute atomic E-state index is 12.6. The Morgan fingerprint density at radius 3 is 3.00 bits per heavy atom. The van der Waals surface area contributed by atoms with E-state index in [1.54, 1.807) is 34.3 Å². The Labute approximate surface area is 125 Å². The van der Waals surface area contributed by atoms with Gasteiger partial charge in [-0.1, -0.05) is 0 Å². The number of thiazole rings is 1. The lowest BCUT2D eigenvalue weighted by Gasteiger charge is -2.09. The number of fused-ring (bicyclic) bond motifs is 1. The number of sulfonamides is 1. The van der Waals surface area contributed by atoms with Crippen LogP contribution in [0.2, 0.25) is 0 Å². The second-order valence-electron chi connectivity index (χ2n) is 4.20. The molecule has 0 aromatic carbocycles. The molecule has 0 fully saturated rings. The zero-order valence-electron chi connectivity index (χ0n) is 11.1. The Morgan fingerprint density at radius 2 is 2.29 bits per heavy atom. The smallest absolute Gasteiger partial charge is 0.281 e. The van der Waals surface area contributed by atoms with Gasteiger partial charge in [0.15, 0.2) is 10.8 Å². The molecule has 2 N–H and O–H groups in total. The van der Waals surface area contributed by atoms with Crippen LogP contribution < -0.4 is 10.0 Å². The zero-order chi connectivity index (χ0) is 14.9. The highest BCUT2D eigenvalue weighted by Gasteiger charge is 2.25. The molecule has 0 aliphatic carbocycles. The summed E-state index contributed by atoms with van der Waals surface area (Å²) in [5.41, 5.74) is 0.408. The van der Waals surface area contributed by atoms with Gasteiger partial charge in [0.25, 0.3) is 10.0 Å². The summed E-state index contributed by atoms with van der Waals surface area (Å²) >= 11 is 1.38. The van der Waals surface area contributed by atoms with Gasteiger partial charge in [0.2, 0.25) is 5.03 Å². The van der Waals surface area contributed by atoms with Crippen molar-refractivity contribution in [2.24, 2.45) is 0 Å². The van der Waals surface area contributed by atoms with E-state index in [9.17, 15) is 8.42 Å². The van der Waals surface area contributed by atoms with E-state index in [4.69, 9.17) is 0 Å². The van der Waals surface area contributed by atoms with Gasteiger partial charge >= 0.3 is 0 Å². The second kappa shape index (κ2) is 5.34. The Hall–Kier alpha value is -2.13. The molecule has 0 saturated carbocycles. The number of rotatable bonds is 5. The highest BCUT2D eigenvalue weighted by Crippen LogP contribution is 2.27. The van der Waals surface area contributed by atoms with Crippen molar-refractivity contribution >= 4 is 37.8 Å². The maximum atomic E-state index is 12.6. The third kappa shape index (κ3) is 2.57. The molecule has 3 rings (SSSR count). The van der Waals surface area contributed by atoms with E-state index in [-0.39, 0.29) is 5.03 Å². The molecule has 21 heavy (non-hydrogen) atoms. The van der Waals surface area contributed by atoms with Crippen LogP contribution in [0.3, 0.4) is 0 Å². The molecule has 3 heterocycles. The van der Waals surface area contributed by atoms with Gasteiger partial charge in [0.1, 0.15) is 0 Å². The number of hydrogen-bond acceptors (Lipinski definition) is 6. The van der Waals surface area contributed by atoms with Crippen LogP contribution in [0.25, 0.3) is 4.96 Å². The van der Waals surface area contributed by atoms with Gasteiger partial charge in [0.05, 0.1) is 11.9 Å². The molecule has 0 aliphatic heterocycles. The average Bonchev–Trinajstić information content (AvgIpc) is 2.99. The summed E-state index contributed by atoms with van der Waals surface area (Å²) in [6.07, 6.45) is 4.72. The lowest BCUT2D eigenvalue weighted by atomic mass is 10.4. The topological polar surface area (TPSA) is 88.4 Å². The summed E-state index contributed by atoms with van der Waals surface area (Å²) in [5, 5.41) is 4.88. The van der Waals surface area contributed by atoms with Crippen molar-refractivity contribution in [3.63, 3.8) is 0 Å². The van der Waals surface area contributed by atoms with Crippen LogP contribution in [0.1, 0.15) is 6.92 Å². The van der Waals surface area contributed by atoms with E-state index in [1.807, 2.05) is 6.92 Å². The van der Waals surface area contributed by atoms with E-state index in [0.29, 0.717) is 23.0 Å². The van der Waals surface area contributed by atoms with E-state index >= 15 is 0 Å². The van der Waals surface area contributed by atoms with Crippen molar-refractivity contribution in [3.8, 4) is 0 Å². The quantitative estimate of drug-likeness (QED) is 0.750. The predicted molar refractivity (Wildman–Crippen MR) is 82.3 cm³/mol. The summed E-state index contributed by atoms with van der Waals surface area (Å²) in [7, 11) is -3.76. The van der Waals surface area contributed by atoms with Gasteiger partial charge in [0, 0.05) is 24.3 Å².